The molecule has 2 aromatic rings. The number of carbonyl (C=O) groups excluding carboxylic acids is 1. The van der Waals surface area contributed by atoms with E-state index in [2.05, 4.69) is 42.6 Å². The van der Waals surface area contributed by atoms with E-state index in [0.717, 1.165) is 36.9 Å². The zero-order valence-electron chi connectivity index (χ0n) is 13.4. The zero-order valence-corrected chi connectivity index (χ0v) is 13.4. The van der Waals surface area contributed by atoms with Crippen LogP contribution in [-0.2, 0) is 19.3 Å². The summed E-state index contributed by atoms with van der Waals surface area (Å²) in [6, 6.07) is 16.7. The van der Waals surface area contributed by atoms with Gasteiger partial charge in [0.25, 0.3) is 0 Å². The van der Waals surface area contributed by atoms with Crippen LogP contribution in [0.1, 0.15) is 40.9 Å². The molecule has 0 radical (unpaired) electrons. The van der Waals surface area contributed by atoms with Gasteiger partial charge in [-0.3, -0.25) is 4.79 Å². The quantitative estimate of drug-likeness (QED) is 0.913. The molecule has 22 heavy (non-hydrogen) atoms. The molecule has 114 valence electrons. The maximum absolute atomic E-state index is 12.6. The Bertz CT molecular complexity index is 692. The first-order valence-corrected chi connectivity index (χ1v) is 8.08. The van der Waals surface area contributed by atoms with Gasteiger partial charge in [0.05, 0.1) is 5.54 Å². The van der Waals surface area contributed by atoms with Crippen molar-refractivity contribution in [1.82, 2.24) is 5.32 Å². The molecule has 0 bridgehead atoms. The molecule has 2 nitrogen and oxygen atoms in total. The third-order valence-electron chi connectivity index (χ3n) is 4.64. The van der Waals surface area contributed by atoms with Crippen molar-refractivity contribution in [3.8, 4) is 0 Å². The molecule has 0 aromatic heterocycles. The third-order valence-corrected chi connectivity index (χ3v) is 4.64. The van der Waals surface area contributed by atoms with Crippen molar-refractivity contribution < 1.29 is 4.79 Å². The lowest BCUT2D eigenvalue weighted by Gasteiger charge is -2.24. The van der Waals surface area contributed by atoms with Gasteiger partial charge < -0.3 is 5.32 Å². The molecule has 1 atom stereocenters. The first-order valence-electron chi connectivity index (χ1n) is 8.08. The lowest BCUT2D eigenvalue weighted by Crippen LogP contribution is -2.48. The van der Waals surface area contributed by atoms with E-state index in [1.807, 2.05) is 25.1 Å². The molecule has 0 aliphatic heterocycles. The molecule has 2 heteroatoms. The number of Topliss-reactive ketones (excluding diaryl/α,β-unsaturated/α-hetero) is 1. The number of ketones is 1. The number of hydrogen-bond acceptors (Lipinski definition) is 2. The summed E-state index contributed by atoms with van der Waals surface area (Å²) in [7, 11) is 0. The van der Waals surface area contributed by atoms with Crippen molar-refractivity contribution in [2.45, 2.75) is 38.6 Å². The lowest BCUT2D eigenvalue weighted by molar-refractivity contribution is 0.0889. The summed E-state index contributed by atoms with van der Waals surface area (Å²) in [5.41, 5.74) is 4.29. The summed E-state index contributed by atoms with van der Waals surface area (Å²) in [6.45, 7) is 5.02. The Morgan fingerprint density at radius 3 is 2.64 bits per heavy atom. The molecule has 1 N–H and O–H groups in total. The second-order valence-electron chi connectivity index (χ2n) is 6.35. The van der Waals surface area contributed by atoms with E-state index in [0.29, 0.717) is 0 Å². The normalized spacial score (nSPS) is 20.2. The number of fused-ring (bicyclic) bond motifs is 1. The van der Waals surface area contributed by atoms with Crippen LogP contribution in [0.4, 0.5) is 0 Å². The summed E-state index contributed by atoms with van der Waals surface area (Å²) in [5.74, 6) is 0.227. The van der Waals surface area contributed by atoms with Crippen LogP contribution in [0, 0.1) is 0 Å². The number of rotatable bonds is 5. The fraction of sp³-hybridized carbons (Fsp3) is 0.350. The summed E-state index contributed by atoms with van der Waals surface area (Å²) >= 11 is 0. The van der Waals surface area contributed by atoms with Gasteiger partial charge in [0, 0.05) is 12.1 Å². The van der Waals surface area contributed by atoms with Gasteiger partial charge in [-0.15, -0.1) is 0 Å². The van der Waals surface area contributed by atoms with Gasteiger partial charge in [-0.2, -0.15) is 0 Å². The number of carbonyl (C=O) groups is 1. The van der Waals surface area contributed by atoms with Crippen molar-refractivity contribution >= 4 is 5.78 Å². The van der Waals surface area contributed by atoms with E-state index < -0.39 is 5.54 Å². The van der Waals surface area contributed by atoms with Gasteiger partial charge >= 0.3 is 0 Å². The van der Waals surface area contributed by atoms with Crippen molar-refractivity contribution in [3.05, 3.63) is 70.8 Å². The van der Waals surface area contributed by atoms with E-state index in [9.17, 15) is 4.79 Å². The van der Waals surface area contributed by atoms with Crippen LogP contribution in [0.15, 0.2) is 48.5 Å². The molecular weight excluding hydrogens is 270 g/mol. The summed E-state index contributed by atoms with van der Waals surface area (Å²) in [5, 5.41) is 3.49. The minimum atomic E-state index is -0.452. The van der Waals surface area contributed by atoms with E-state index >= 15 is 0 Å². The highest BCUT2D eigenvalue weighted by molar-refractivity contribution is 6.07. The van der Waals surface area contributed by atoms with Crippen molar-refractivity contribution in [2.75, 3.05) is 6.54 Å². The van der Waals surface area contributed by atoms with Gasteiger partial charge in [-0.05, 0) is 42.9 Å². The number of aryl methyl sites for hydroxylation is 1. The first-order chi connectivity index (χ1) is 10.6. The van der Waals surface area contributed by atoms with E-state index in [4.69, 9.17) is 0 Å². The average Bonchev–Trinajstić information content (AvgIpc) is 2.79. The number of benzene rings is 2. The van der Waals surface area contributed by atoms with Crippen LogP contribution in [0.3, 0.4) is 0 Å². The van der Waals surface area contributed by atoms with Crippen LogP contribution in [0.2, 0.25) is 0 Å². The second kappa shape index (κ2) is 6.05. The average molecular weight is 293 g/mol. The first kappa shape index (κ1) is 15.0. The topological polar surface area (TPSA) is 29.1 Å². The minimum absolute atomic E-state index is 0.227. The molecule has 2 aromatic carbocycles. The zero-order chi connectivity index (χ0) is 15.6. The fourth-order valence-electron chi connectivity index (χ4n) is 3.28. The van der Waals surface area contributed by atoms with Gasteiger partial charge in [-0.25, -0.2) is 0 Å². The van der Waals surface area contributed by atoms with Crippen molar-refractivity contribution in [2.24, 2.45) is 0 Å². The second-order valence-corrected chi connectivity index (χ2v) is 6.35. The van der Waals surface area contributed by atoms with E-state index in [1.165, 1.54) is 11.1 Å². The van der Waals surface area contributed by atoms with Gasteiger partial charge in [0.15, 0.2) is 5.78 Å². The molecular formula is C20H23NO. The molecule has 1 aliphatic rings. The smallest absolute Gasteiger partial charge is 0.183 e. The Morgan fingerprint density at radius 2 is 1.86 bits per heavy atom. The molecule has 0 fully saturated rings. The highest BCUT2D eigenvalue weighted by Gasteiger charge is 2.40. The Hall–Kier alpha value is -1.93. The van der Waals surface area contributed by atoms with Crippen LogP contribution in [0.25, 0.3) is 0 Å². The minimum Gasteiger partial charge on any atom is -0.304 e. The molecule has 1 unspecified atom stereocenters. The maximum atomic E-state index is 12.6. The highest BCUT2D eigenvalue weighted by Crippen LogP contribution is 2.29. The predicted molar refractivity (Wildman–Crippen MR) is 90.4 cm³/mol. The highest BCUT2D eigenvalue weighted by atomic mass is 16.1. The Labute approximate surface area is 132 Å². The summed E-state index contributed by atoms with van der Waals surface area (Å²) < 4.78 is 0. The van der Waals surface area contributed by atoms with Crippen LogP contribution in [0.5, 0.6) is 0 Å². The summed E-state index contributed by atoms with van der Waals surface area (Å²) in [4.78, 5) is 12.6. The molecule has 3 rings (SSSR count). The maximum Gasteiger partial charge on any atom is 0.183 e. The van der Waals surface area contributed by atoms with Crippen LogP contribution >= 0.6 is 0 Å². The van der Waals surface area contributed by atoms with Crippen LogP contribution in [-0.4, -0.2) is 17.9 Å². The van der Waals surface area contributed by atoms with Gasteiger partial charge in [0.1, 0.15) is 0 Å². The molecule has 0 spiro atoms. The van der Waals surface area contributed by atoms with Crippen molar-refractivity contribution in [1.29, 1.82) is 0 Å². The SMILES string of the molecule is CCc1cccc(CCNC2(C)Cc3ccccc3C2=O)c1. The standard InChI is InChI=1S/C20H23NO/c1-3-15-7-6-8-16(13-15)11-12-21-20(2)14-17-9-4-5-10-18(17)19(20)22/h4-10,13,21H,3,11-12,14H2,1-2H3. The molecule has 0 saturated heterocycles. The van der Waals surface area contributed by atoms with Gasteiger partial charge in [-0.1, -0.05) is 55.5 Å². The van der Waals surface area contributed by atoms with E-state index in [-0.39, 0.29) is 5.78 Å². The Balaban J connectivity index is 1.63. The van der Waals surface area contributed by atoms with E-state index in [1.54, 1.807) is 0 Å². The lowest BCUT2D eigenvalue weighted by atomic mass is 9.96. The molecule has 1 aliphatic carbocycles. The third kappa shape index (κ3) is 2.84. The molecule has 0 saturated carbocycles. The largest absolute Gasteiger partial charge is 0.304 e. The molecule has 0 heterocycles. The van der Waals surface area contributed by atoms with Crippen molar-refractivity contribution in [3.63, 3.8) is 0 Å². The number of hydrogen-bond donors (Lipinski definition) is 1. The van der Waals surface area contributed by atoms with Gasteiger partial charge in [0.2, 0.25) is 0 Å². The Morgan fingerprint density at radius 1 is 1.09 bits per heavy atom. The predicted octanol–water partition coefficient (Wildman–Crippen LogP) is 3.58. The molecule has 0 amide bonds. The van der Waals surface area contributed by atoms with Crippen LogP contribution < -0.4 is 5.32 Å². The Kier molecular flexibility index (Phi) is 4.12. The fourth-order valence-corrected chi connectivity index (χ4v) is 3.28. The monoisotopic (exact) mass is 293 g/mol. The summed E-state index contributed by atoms with van der Waals surface area (Å²) in [6.07, 6.45) is 2.80. The number of nitrogens with one attached hydrogen (secondary N) is 1.